The van der Waals surface area contributed by atoms with Crippen molar-refractivity contribution in [2.24, 2.45) is 5.10 Å². The van der Waals surface area contributed by atoms with Gasteiger partial charge in [0.15, 0.2) is 5.78 Å². The summed E-state index contributed by atoms with van der Waals surface area (Å²) >= 11 is 9.04. The van der Waals surface area contributed by atoms with Gasteiger partial charge in [0.1, 0.15) is 5.71 Å². The number of rotatable bonds is 12. The number of nitrogens with one attached hydrogen (secondary N) is 1. The van der Waals surface area contributed by atoms with Gasteiger partial charge in [-0.15, -0.1) is 11.8 Å². The topological polar surface area (TPSA) is 75.6 Å². The first-order valence-electron chi connectivity index (χ1n) is 11.7. The molecular formula is C30H23ClN2O3S2. The van der Waals surface area contributed by atoms with Gasteiger partial charge in [0.2, 0.25) is 12.2 Å². The van der Waals surface area contributed by atoms with E-state index in [0.29, 0.717) is 40.3 Å². The Balaban J connectivity index is 1.37. The molecule has 0 spiro atoms. The summed E-state index contributed by atoms with van der Waals surface area (Å²) < 4.78 is 0. The van der Waals surface area contributed by atoms with Gasteiger partial charge in [0.05, 0.1) is 0 Å². The van der Waals surface area contributed by atoms with Gasteiger partial charge in [-0.2, -0.15) is 5.10 Å². The average Bonchev–Trinajstić information content (AvgIpc) is 2.96. The Labute approximate surface area is 234 Å². The van der Waals surface area contributed by atoms with E-state index in [1.165, 1.54) is 11.8 Å². The van der Waals surface area contributed by atoms with E-state index in [1.54, 1.807) is 36.0 Å². The van der Waals surface area contributed by atoms with Crippen LogP contribution >= 0.6 is 35.1 Å². The van der Waals surface area contributed by atoms with E-state index in [1.807, 2.05) is 78.9 Å². The van der Waals surface area contributed by atoms with Gasteiger partial charge < -0.3 is 0 Å². The van der Waals surface area contributed by atoms with Gasteiger partial charge in [-0.05, 0) is 72.8 Å². The maximum Gasteiger partial charge on any atom is 0.227 e. The Bertz CT molecular complexity index is 1420. The number of carbonyl (C=O) groups is 3. The van der Waals surface area contributed by atoms with E-state index in [-0.39, 0.29) is 17.3 Å². The fourth-order valence-corrected chi connectivity index (χ4v) is 5.33. The minimum atomic E-state index is -0.239. The summed E-state index contributed by atoms with van der Waals surface area (Å²) in [5.41, 5.74) is 4.30. The smallest absolute Gasteiger partial charge is 0.227 e. The number of thioether (sulfide) groups is 1. The Kier molecular flexibility index (Phi) is 9.92. The van der Waals surface area contributed by atoms with Gasteiger partial charge in [-0.3, -0.25) is 14.4 Å². The number of hydrazone groups is 1. The Morgan fingerprint density at radius 1 is 0.737 bits per heavy atom. The monoisotopic (exact) mass is 558 g/mol. The zero-order valence-electron chi connectivity index (χ0n) is 20.2. The predicted octanol–water partition coefficient (Wildman–Crippen LogP) is 7.19. The van der Waals surface area contributed by atoms with Crippen molar-refractivity contribution in [1.29, 1.82) is 0 Å². The molecule has 4 rings (SSSR count). The van der Waals surface area contributed by atoms with Crippen LogP contribution in [0.1, 0.15) is 32.7 Å². The number of hydrogen-bond acceptors (Lipinski definition) is 6. The highest BCUT2D eigenvalue weighted by molar-refractivity contribution is 7.99. The number of halogens is 1. The largest absolute Gasteiger partial charge is 0.289 e. The van der Waals surface area contributed by atoms with Crippen molar-refractivity contribution in [2.75, 3.05) is 5.75 Å². The molecule has 0 saturated carbocycles. The maximum absolute atomic E-state index is 13.1. The van der Waals surface area contributed by atoms with E-state index in [9.17, 15) is 14.4 Å². The molecular weight excluding hydrogens is 536 g/mol. The maximum atomic E-state index is 13.1. The second-order valence-corrected chi connectivity index (χ2v) is 10.8. The van der Waals surface area contributed by atoms with Crippen molar-refractivity contribution >= 4 is 58.8 Å². The minimum absolute atomic E-state index is 0.0156. The molecule has 5 nitrogen and oxygen atoms in total. The molecule has 0 saturated heterocycles. The molecule has 38 heavy (non-hydrogen) atoms. The highest BCUT2D eigenvalue weighted by Crippen LogP contribution is 2.29. The fourth-order valence-electron chi connectivity index (χ4n) is 3.53. The number of Topliss-reactive ketones (excluding diaryl/α,β-unsaturated/α-hetero) is 1. The molecule has 0 aliphatic carbocycles. The summed E-state index contributed by atoms with van der Waals surface area (Å²) in [5, 5.41) is 4.65. The summed E-state index contributed by atoms with van der Waals surface area (Å²) in [6, 6.07) is 31.3. The van der Waals surface area contributed by atoms with Crippen LogP contribution in [-0.2, 0) is 4.79 Å². The number of carbonyl (C=O) groups excluding carboxylic acids is 3. The molecule has 0 fully saturated rings. The highest BCUT2D eigenvalue weighted by atomic mass is 35.5. The Morgan fingerprint density at radius 2 is 1.29 bits per heavy atom. The first-order chi connectivity index (χ1) is 18.5. The average molecular weight is 559 g/mol. The van der Waals surface area contributed by atoms with Crippen LogP contribution in [0.25, 0.3) is 0 Å². The zero-order chi connectivity index (χ0) is 26.7. The molecule has 0 bridgehead atoms. The summed E-state index contributed by atoms with van der Waals surface area (Å²) in [5.74, 6) is 0.359. The van der Waals surface area contributed by atoms with Gasteiger partial charge in [-0.1, -0.05) is 53.7 Å². The second kappa shape index (κ2) is 13.8. The van der Waals surface area contributed by atoms with Crippen molar-refractivity contribution in [3.05, 3.63) is 125 Å². The Morgan fingerprint density at radius 3 is 1.89 bits per heavy atom. The van der Waals surface area contributed by atoms with Crippen LogP contribution in [0, 0.1) is 0 Å². The predicted molar refractivity (Wildman–Crippen MR) is 155 cm³/mol. The van der Waals surface area contributed by atoms with Crippen LogP contribution in [-0.4, -0.2) is 29.4 Å². The lowest BCUT2D eigenvalue weighted by Gasteiger charge is -2.08. The summed E-state index contributed by atoms with van der Waals surface area (Å²) in [6.07, 6.45) is 0.829. The molecule has 0 unspecified atom stereocenters. The van der Waals surface area contributed by atoms with E-state index < -0.39 is 0 Å². The number of ketones is 2. The van der Waals surface area contributed by atoms with Gasteiger partial charge in [0.25, 0.3) is 0 Å². The summed E-state index contributed by atoms with van der Waals surface area (Å²) in [7, 11) is 0. The quantitative estimate of drug-likeness (QED) is 0.0654. The lowest BCUT2D eigenvalue weighted by Crippen LogP contribution is -2.19. The third-order valence-corrected chi connectivity index (χ3v) is 7.72. The molecule has 8 heteroatoms. The second-order valence-electron chi connectivity index (χ2n) is 8.03. The SMILES string of the molecule is O=CN/N=C(\CCSc1ccc(Cl)cc1)C(=O)c1ccc(Sc2ccc(C(=O)c3ccccc3)cc2)cc1. The standard InChI is InChI=1S/C30H23ClN2O3S2/c31-24-10-16-25(17-11-24)37-19-18-28(33-32-20-34)30(36)23-8-14-27(15-9-23)38-26-12-6-22(7-13-26)29(35)21-4-2-1-3-5-21/h1-17,20H,18-19H2,(H,32,34)/b33-28+. The first kappa shape index (κ1) is 27.4. The lowest BCUT2D eigenvalue weighted by molar-refractivity contribution is -0.109. The van der Waals surface area contributed by atoms with Crippen LogP contribution in [0.2, 0.25) is 5.02 Å². The van der Waals surface area contributed by atoms with Crippen LogP contribution in [0.5, 0.6) is 0 Å². The van der Waals surface area contributed by atoms with E-state index in [4.69, 9.17) is 11.6 Å². The number of nitrogens with zero attached hydrogens (tertiary/aromatic N) is 1. The van der Waals surface area contributed by atoms with Crippen LogP contribution < -0.4 is 5.43 Å². The zero-order valence-corrected chi connectivity index (χ0v) is 22.6. The molecule has 4 aromatic rings. The number of amides is 1. The van der Waals surface area contributed by atoms with Crippen LogP contribution in [0.3, 0.4) is 0 Å². The van der Waals surface area contributed by atoms with Crippen molar-refractivity contribution in [2.45, 2.75) is 21.1 Å². The highest BCUT2D eigenvalue weighted by Gasteiger charge is 2.15. The molecule has 0 atom stereocenters. The van der Waals surface area contributed by atoms with Crippen LogP contribution in [0.15, 0.2) is 123 Å². The molecule has 0 aliphatic heterocycles. The summed E-state index contributed by atoms with van der Waals surface area (Å²) in [6.45, 7) is 0. The van der Waals surface area contributed by atoms with Crippen molar-refractivity contribution < 1.29 is 14.4 Å². The van der Waals surface area contributed by atoms with Crippen molar-refractivity contribution in [1.82, 2.24) is 5.43 Å². The fraction of sp³-hybridized carbons (Fsp3) is 0.0667. The first-order valence-corrected chi connectivity index (χ1v) is 13.9. The number of benzene rings is 4. The normalized spacial score (nSPS) is 11.1. The van der Waals surface area contributed by atoms with Crippen molar-refractivity contribution in [3.63, 3.8) is 0 Å². The number of hydrogen-bond donors (Lipinski definition) is 1. The molecule has 1 amide bonds. The van der Waals surface area contributed by atoms with Crippen LogP contribution in [0.4, 0.5) is 0 Å². The van der Waals surface area contributed by atoms with Gasteiger partial charge in [-0.25, -0.2) is 5.43 Å². The molecule has 0 heterocycles. The molecule has 190 valence electrons. The minimum Gasteiger partial charge on any atom is -0.289 e. The molecule has 4 aromatic carbocycles. The molecule has 0 aromatic heterocycles. The lowest BCUT2D eigenvalue weighted by atomic mass is 10.0. The molecule has 0 radical (unpaired) electrons. The van der Waals surface area contributed by atoms with E-state index in [0.717, 1.165) is 14.7 Å². The van der Waals surface area contributed by atoms with Gasteiger partial charge >= 0.3 is 0 Å². The molecule has 0 aliphatic rings. The van der Waals surface area contributed by atoms with E-state index in [2.05, 4.69) is 10.5 Å². The van der Waals surface area contributed by atoms with E-state index >= 15 is 0 Å². The van der Waals surface area contributed by atoms with Gasteiger partial charge in [0, 0.05) is 48.6 Å². The molecule has 1 N–H and O–H groups in total. The summed E-state index contributed by atoms with van der Waals surface area (Å²) in [4.78, 5) is 39.4. The Hall–Kier alpha value is -3.65. The third kappa shape index (κ3) is 7.68. The van der Waals surface area contributed by atoms with Crippen molar-refractivity contribution in [3.8, 4) is 0 Å². The third-order valence-electron chi connectivity index (χ3n) is 5.44.